The molecule has 0 aliphatic heterocycles. The molecule has 1 unspecified atom stereocenters. The number of benzene rings is 1. The molecular formula is C15H19FN2O2. The van der Waals surface area contributed by atoms with Gasteiger partial charge >= 0.3 is 5.97 Å². The predicted octanol–water partition coefficient (Wildman–Crippen LogP) is 3.02. The highest BCUT2D eigenvalue weighted by atomic mass is 19.1. The normalized spacial score (nSPS) is 12.9. The molecule has 1 aromatic carbocycles. The fourth-order valence-corrected chi connectivity index (χ4v) is 2.37. The van der Waals surface area contributed by atoms with Crippen LogP contribution in [0.15, 0.2) is 18.2 Å². The van der Waals surface area contributed by atoms with Crippen LogP contribution in [0.1, 0.15) is 32.5 Å². The quantitative estimate of drug-likeness (QED) is 0.807. The van der Waals surface area contributed by atoms with Crippen molar-refractivity contribution in [1.82, 2.24) is 9.55 Å². The summed E-state index contributed by atoms with van der Waals surface area (Å²) < 4.78 is 20.2. The lowest BCUT2D eigenvalue weighted by molar-refractivity contribution is -0.146. The summed E-state index contributed by atoms with van der Waals surface area (Å²) in [6.07, 6.45) is 0. The monoisotopic (exact) mass is 278 g/mol. The number of ether oxygens (including phenoxy) is 1. The molecule has 0 N–H and O–H groups in total. The van der Waals surface area contributed by atoms with E-state index in [0.717, 1.165) is 0 Å². The minimum absolute atomic E-state index is 0.0504. The van der Waals surface area contributed by atoms with Crippen LogP contribution >= 0.6 is 0 Å². The highest BCUT2D eigenvalue weighted by Crippen LogP contribution is 2.28. The summed E-state index contributed by atoms with van der Waals surface area (Å²) in [6.45, 7) is 6.00. The highest BCUT2D eigenvalue weighted by molar-refractivity contribution is 5.81. The Bertz CT molecular complexity index is 634. The van der Waals surface area contributed by atoms with Crippen molar-refractivity contribution >= 4 is 17.0 Å². The number of imidazole rings is 1. The Balaban J connectivity index is 2.54. The molecule has 0 saturated heterocycles. The summed E-state index contributed by atoms with van der Waals surface area (Å²) in [7, 11) is 1.79. The van der Waals surface area contributed by atoms with E-state index in [4.69, 9.17) is 4.74 Å². The van der Waals surface area contributed by atoms with E-state index in [0.29, 0.717) is 23.5 Å². The van der Waals surface area contributed by atoms with Crippen molar-refractivity contribution in [2.24, 2.45) is 13.0 Å². The van der Waals surface area contributed by atoms with Gasteiger partial charge in [-0.1, -0.05) is 13.8 Å². The van der Waals surface area contributed by atoms with Gasteiger partial charge in [0.05, 0.1) is 17.6 Å². The summed E-state index contributed by atoms with van der Waals surface area (Å²) in [5.41, 5.74) is 1.36. The summed E-state index contributed by atoms with van der Waals surface area (Å²) in [4.78, 5) is 16.6. The number of nitrogens with zero attached hydrogens (tertiary/aromatic N) is 2. The maximum atomic E-state index is 13.3. The third-order valence-corrected chi connectivity index (χ3v) is 3.36. The van der Waals surface area contributed by atoms with E-state index < -0.39 is 5.92 Å². The maximum absolute atomic E-state index is 13.3. The van der Waals surface area contributed by atoms with Gasteiger partial charge < -0.3 is 9.30 Å². The maximum Gasteiger partial charge on any atom is 0.316 e. The van der Waals surface area contributed by atoms with E-state index in [2.05, 4.69) is 4.98 Å². The minimum Gasteiger partial charge on any atom is -0.465 e. The lowest BCUT2D eigenvalue weighted by Crippen LogP contribution is -2.23. The first kappa shape index (κ1) is 14.5. The number of aromatic nitrogens is 2. The summed E-state index contributed by atoms with van der Waals surface area (Å²) in [6, 6.07) is 4.42. The molecule has 2 aromatic rings. The van der Waals surface area contributed by atoms with E-state index in [1.54, 1.807) is 24.6 Å². The zero-order chi connectivity index (χ0) is 14.9. The minimum atomic E-state index is -0.449. The lowest BCUT2D eigenvalue weighted by Gasteiger charge is -2.18. The van der Waals surface area contributed by atoms with Gasteiger partial charge in [0.25, 0.3) is 0 Å². The number of fused-ring (bicyclic) bond motifs is 1. The molecule has 1 heterocycles. The van der Waals surface area contributed by atoms with Gasteiger partial charge in [-0.15, -0.1) is 0 Å². The van der Waals surface area contributed by atoms with E-state index in [1.165, 1.54) is 12.1 Å². The van der Waals surface area contributed by atoms with Crippen molar-refractivity contribution in [3.63, 3.8) is 0 Å². The second kappa shape index (κ2) is 5.61. The van der Waals surface area contributed by atoms with Crippen LogP contribution in [0.4, 0.5) is 4.39 Å². The van der Waals surface area contributed by atoms with Gasteiger partial charge in [0.2, 0.25) is 0 Å². The Kier molecular flexibility index (Phi) is 4.06. The van der Waals surface area contributed by atoms with Gasteiger partial charge in [-0.05, 0) is 31.0 Å². The van der Waals surface area contributed by atoms with Crippen LogP contribution in [0.25, 0.3) is 11.0 Å². The summed E-state index contributed by atoms with van der Waals surface area (Å²) in [5, 5.41) is 0. The third kappa shape index (κ3) is 2.53. The van der Waals surface area contributed by atoms with E-state index >= 15 is 0 Å². The molecule has 1 atom stereocenters. The average molecular weight is 278 g/mol. The van der Waals surface area contributed by atoms with E-state index in [9.17, 15) is 9.18 Å². The van der Waals surface area contributed by atoms with Gasteiger partial charge in [0.15, 0.2) is 0 Å². The SMILES string of the molecule is CCOC(=O)C(c1nc2ccc(F)cc2n1C)C(C)C. The van der Waals surface area contributed by atoms with Crippen molar-refractivity contribution in [3.05, 3.63) is 29.8 Å². The number of esters is 1. The third-order valence-electron chi connectivity index (χ3n) is 3.36. The molecule has 0 aliphatic rings. The van der Waals surface area contributed by atoms with Crippen molar-refractivity contribution < 1.29 is 13.9 Å². The fourth-order valence-electron chi connectivity index (χ4n) is 2.37. The Morgan fingerprint density at radius 2 is 2.15 bits per heavy atom. The fraction of sp³-hybridized carbons (Fsp3) is 0.467. The molecule has 4 nitrogen and oxygen atoms in total. The van der Waals surface area contributed by atoms with E-state index in [1.807, 2.05) is 13.8 Å². The molecule has 0 radical (unpaired) electrons. The van der Waals surface area contributed by atoms with Crippen molar-refractivity contribution in [1.29, 1.82) is 0 Å². The smallest absolute Gasteiger partial charge is 0.316 e. The molecule has 0 bridgehead atoms. The molecule has 5 heteroatoms. The number of hydrogen-bond acceptors (Lipinski definition) is 3. The van der Waals surface area contributed by atoms with Gasteiger partial charge in [0, 0.05) is 7.05 Å². The molecule has 2 rings (SSSR count). The number of halogens is 1. The van der Waals surface area contributed by atoms with Crippen LogP contribution in [-0.4, -0.2) is 22.1 Å². The van der Waals surface area contributed by atoms with Crippen molar-refractivity contribution in [3.8, 4) is 0 Å². The lowest BCUT2D eigenvalue weighted by atomic mass is 9.95. The number of carbonyl (C=O) groups is 1. The first-order chi connectivity index (χ1) is 9.45. The predicted molar refractivity (Wildman–Crippen MR) is 74.9 cm³/mol. The second-order valence-corrected chi connectivity index (χ2v) is 5.14. The number of carbonyl (C=O) groups excluding carboxylic acids is 1. The van der Waals surface area contributed by atoms with Crippen LogP contribution in [0.3, 0.4) is 0 Å². The van der Waals surface area contributed by atoms with Gasteiger partial charge in [-0.2, -0.15) is 0 Å². The molecule has 1 aromatic heterocycles. The topological polar surface area (TPSA) is 44.1 Å². The molecule has 0 amide bonds. The molecule has 0 saturated carbocycles. The average Bonchev–Trinajstić information content (AvgIpc) is 2.67. The van der Waals surface area contributed by atoms with Gasteiger partial charge in [-0.3, -0.25) is 4.79 Å². The Hall–Kier alpha value is -1.91. The molecule has 0 aliphatic carbocycles. The largest absolute Gasteiger partial charge is 0.465 e. The van der Waals surface area contributed by atoms with Crippen LogP contribution in [0, 0.1) is 11.7 Å². The first-order valence-corrected chi connectivity index (χ1v) is 6.74. The zero-order valence-corrected chi connectivity index (χ0v) is 12.2. The first-order valence-electron chi connectivity index (χ1n) is 6.74. The molecule has 20 heavy (non-hydrogen) atoms. The van der Waals surface area contributed by atoms with E-state index in [-0.39, 0.29) is 17.7 Å². The van der Waals surface area contributed by atoms with Crippen LogP contribution in [0.5, 0.6) is 0 Å². The van der Waals surface area contributed by atoms with Crippen LogP contribution < -0.4 is 0 Å². The number of hydrogen-bond donors (Lipinski definition) is 0. The Labute approximate surface area is 117 Å². The Morgan fingerprint density at radius 1 is 1.45 bits per heavy atom. The highest BCUT2D eigenvalue weighted by Gasteiger charge is 2.30. The van der Waals surface area contributed by atoms with Crippen molar-refractivity contribution in [2.75, 3.05) is 6.61 Å². The van der Waals surface area contributed by atoms with Gasteiger partial charge in [-0.25, -0.2) is 9.37 Å². The molecular weight excluding hydrogens is 259 g/mol. The number of aryl methyl sites for hydroxylation is 1. The summed E-state index contributed by atoms with van der Waals surface area (Å²) in [5.74, 6) is -0.394. The molecule has 0 fully saturated rings. The molecule has 108 valence electrons. The van der Waals surface area contributed by atoms with Crippen LogP contribution in [0.2, 0.25) is 0 Å². The molecule has 0 spiro atoms. The second-order valence-electron chi connectivity index (χ2n) is 5.14. The zero-order valence-electron chi connectivity index (χ0n) is 12.2. The van der Waals surface area contributed by atoms with Crippen molar-refractivity contribution in [2.45, 2.75) is 26.7 Å². The van der Waals surface area contributed by atoms with Gasteiger partial charge in [0.1, 0.15) is 17.6 Å². The summed E-state index contributed by atoms with van der Waals surface area (Å²) >= 11 is 0. The Morgan fingerprint density at radius 3 is 2.75 bits per heavy atom. The van der Waals surface area contributed by atoms with Crippen LogP contribution in [-0.2, 0) is 16.6 Å². The standard InChI is InChI=1S/C15H19FN2O2/c1-5-20-15(19)13(9(2)3)14-17-11-7-6-10(16)8-12(11)18(14)4/h6-9,13H,5H2,1-4H3. The number of rotatable bonds is 4.